The maximum absolute atomic E-state index is 13.5. The van der Waals surface area contributed by atoms with E-state index in [4.69, 9.17) is 9.47 Å². The van der Waals surface area contributed by atoms with Crippen LogP contribution in [0.5, 0.6) is 0 Å². The van der Waals surface area contributed by atoms with E-state index in [-0.39, 0.29) is 23.0 Å². The van der Waals surface area contributed by atoms with Crippen molar-refractivity contribution in [3.63, 3.8) is 0 Å². The SMILES string of the molecule is O=C(/C=C/C(=O)OC1c2ccccc2CCN1CC1CCN(C(=O)c2cccc(C(F)(F)F)c2)CC1)OC1c2ccccc2CCN1CC1CCN(C(=O)c2cccc(C(F)(F)F)c2)CC1. The average molecular weight is 917 g/mol. The average Bonchev–Trinajstić information content (AvgIpc) is 3.32. The smallest absolute Gasteiger partial charge is 0.416 e. The van der Waals surface area contributed by atoms with Crippen molar-refractivity contribution in [2.75, 3.05) is 52.4 Å². The summed E-state index contributed by atoms with van der Waals surface area (Å²) in [6, 6.07) is 24.2. The number of carbonyl (C=O) groups is 4. The van der Waals surface area contributed by atoms with E-state index in [2.05, 4.69) is 9.80 Å². The van der Waals surface area contributed by atoms with Gasteiger partial charge in [-0.3, -0.25) is 19.4 Å². The normalized spacial score (nSPS) is 20.2. The third-order valence-electron chi connectivity index (χ3n) is 13.1. The Morgan fingerprint density at radius 1 is 0.515 bits per heavy atom. The quantitative estimate of drug-likeness (QED) is 0.0885. The summed E-state index contributed by atoms with van der Waals surface area (Å²) in [6.45, 7) is 3.75. The summed E-state index contributed by atoms with van der Waals surface area (Å²) in [5.41, 5.74) is 1.95. The number of ether oxygens (including phenoxy) is 2. The van der Waals surface area contributed by atoms with E-state index in [0.29, 0.717) is 78.0 Å². The maximum atomic E-state index is 13.5. The lowest BCUT2D eigenvalue weighted by atomic mass is 9.92. The van der Waals surface area contributed by atoms with E-state index >= 15 is 0 Å². The summed E-state index contributed by atoms with van der Waals surface area (Å²) in [6.07, 6.45) is -4.61. The molecule has 0 N–H and O–H groups in total. The first-order chi connectivity index (χ1) is 31.6. The molecule has 0 radical (unpaired) electrons. The number of carbonyl (C=O) groups excluding carboxylic acids is 4. The maximum Gasteiger partial charge on any atom is 0.416 e. The molecule has 348 valence electrons. The first-order valence-electron chi connectivity index (χ1n) is 22.3. The van der Waals surface area contributed by atoms with Crippen LogP contribution in [0.15, 0.2) is 109 Å². The van der Waals surface area contributed by atoms with Crippen LogP contribution in [0, 0.1) is 11.8 Å². The largest absolute Gasteiger partial charge is 0.439 e. The van der Waals surface area contributed by atoms with Gasteiger partial charge in [-0.15, -0.1) is 0 Å². The minimum atomic E-state index is -4.56. The number of likely N-dealkylation sites (tertiary alicyclic amines) is 2. The fraction of sp³-hybridized carbons (Fsp3) is 0.400. The Hall–Kier alpha value is -6.00. The molecule has 4 heterocycles. The molecule has 16 heteroatoms. The van der Waals surface area contributed by atoms with Gasteiger partial charge in [-0.2, -0.15) is 26.3 Å². The van der Waals surface area contributed by atoms with Gasteiger partial charge in [0.25, 0.3) is 11.8 Å². The third-order valence-corrected chi connectivity index (χ3v) is 13.1. The molecule has 0 aromatic heterocycles. The van der Waals surface area contributed by atoms with Crippen molar-refractivity contribution in [1.29, 1.82) is 0 Å². The second kappa shape index (κ2) is 19.8. The molecular weight excluding hydrogens is 867 g/mol. The van der Waals surface area contributed by atoms with E-state index in [1.54, 1.807) is 9.80 Å². The first kappa shape index (κ1) is 46.5. The van der Waals surface area contributed by atoms with Gasteiger partial charge in [0.15, 0.2) is 12.5 Å². The van der Waals surface area contributed by atoms with Crippen molar-refractivity contribution < 1.29 is 55.0 Å². The minimum absolute atomic E-state index is 0.00805. The zero-order valence-electron chi connectivity index (χ0n) is 36.1. The minimum Gasteiger partial charge on any atom is -0.439 e. The molecule has 0 bridgehead atoms. The zero-order valence-corrected chi connectivity index (χ0v) is 36.1. The Labute approximate surface area is 378 Å². The summed E-state index contributed by atoms with van der Waals surface area (Å²) in [5.74, 6) is -2.14. The molecule has 4 aromatic rings. The third kappa shape index (κ3) is 11.0. The van der Waals surface area contributed by atoms with Crippen LogP contribution in [0.4, 0.5) is 26.3 Å². The number of fused-ring (bicyclic) bond motifs is 2. The Morgan fingerprint density at radius 2 is 0.894 bits per heavy atom. The second-order valence-corrected chi connectivity index (χ2v) is 17.4. The zero-order chi connectivity index (χ0) is 46.6. The number of amides is 2. The Morgan fingerprint density at radius 3 is 1.27 bits per heavy atom. The van der Waals surface area contributed by atoms with E-state index in [0.717, 1.165) is 71.5 Å². The van der Waals surface area contributed by atoms with Gasteiger partial charge in [-0.05, 0) is 97.9 Å². The molecule has 0 saturated carbocycles. The number of hydrogen-bond acceptors (Lipinski definition) is 8. The topological polar surface area (TPSA) is 99.7 Å². The molecule has 4 aliphatic heterocycles. The summed E-state index contributed by atoms with van der Waals surface area (Å²) in [7, 11) is 0. The van der Waals surface area contributed by atoms with Crippen LogP contribution in [-0.4, -0.2) is 95.7 Å². The highest BCUT2D eigenvalue weighted by molar-refractivity contribution is 5.95. The molecule has 66 heavy (non-hydrogen) atoms. The number of benzene rings is 4. The van der Waals surface area contributed by atoms with Crippen molar-refractivity contribution in [1.82, 2.24) is 19.6 Å². The van der Waals surface area contributed by atoms with E-state index < -0.39 is 59.7 Å². The van der Waals surface area contributed by atoms with Crippen LogP contribution in [0.25, 0.3) is 0 Å². The molecule has 4 aliphatic rings. The summed E-state index contributed by atoms with van der Waals surface area (Å²) >= 11 is 0. The number of alkyl halides is 6. The van der Waals surface area contributed by atoms with Crippen molar-refractivity contribution in [3.05, 3.63) is 154 Å². The van der Waals surface area contributed by atoms with E-state index in [1.807, 2.05) is 48.5 Å². The Balaban J connectivity index is 0.873. The van der Waals surface area contributed by atoms with Crippen LogP contribution < -0.4 is 0 Å². The number of hydrogen-bond donors (Lipinski definition) is 0. The Bertz CT molecular complexity index is 2280. The number of rotatable bonds is 10. The lowest BCUT2D eigenvalue weighted by Gasteiger charge is -2.40. The number of halogens is 6. The lowest BCUT2D eigenvalue weighted by molar-refractivity contribution is -0.159. The highest BCUT2D eigenvalue weighted by atomic mass is 19.4. The summed E-state index contributed by atoms with van der Waals surface area (Å²) in [4.78, 5) is 60.6. The van der Waals surface area contributed by atoms with Gasteiger partial charge in [-0.1, -0.05) is 60.7 Å². The molecule has 0 spiro atoms. The molecule has 2 amide bonds. The van der Waals surface area contributed by atoms with Crippen LogP contribution in [-0.2, 0) is 44.3 Å². The van der Waals surface area contributed by atoms with E-state index in [9.17, 15) is 45.5 Å². The number of esters is 2. The summed E-state index contributed by atoms with van der Waals surface area (Å²) in [5, 5.41) is 0. The van der Waals surface area contributed by atoms with Gasteiger partial charge in [-0.25, -0.2) is 9.59 Å². The number of nitrogens with zero attached hydrogens (tertiary/aromatic N) is 4. The van der Waals surface area contributed by atoms with Gasteiger partial charge in [0, 0.05) is 86.8 Å². The fourth-order valence-corrected chi connectivity index (χ4v) is 9.57. The molecule has 0 aliphatic carbocycles. The molecule has 2 unspecified atom stereocenters. The van der Waals surface area contributed by atoms with Crippen LogP contribution in [0.3, 0.4) is 0 Å². The predicted molar refractivity (Wildman–Crippen MR) is 230 cm³/mol. The van der Waals surface area contributed by atoms with E-state index in [1.165, 1.54) is 24.3 Å². The van der Waals surface area contributed by atoms with Crippen molar-refractivity contribution in [3.8, 4) is 0 Å². The van der Waals surface area contributed by atoms with Gasteiger partial charge in [0.2, 0.25) is 0 Å². The van der Waals surface area contributed by atoms with Crippen molar-refractivity contribution >= 4 is 23.8 Å². The molecule has 2 atom stereocenters. The fourth-order valence-electron chi connectivity index (χ4n) is 9.57. The van der Waals surface area contributed by atoms with Crippen LogP contribution >= 0.6 is 0 Å². The molecule has 10 nitrogen and oxygen atoms in total. The molecule has 4 aromatic carbocycles. The highest BCUT2D eigenvalue weighted by Gasteiger charge is 2.37. The van der Waals surface area contributed by atoms with Gasteiger partial charge in [0.1, 0.15) is 0 Å². The van der Waals surface area contributed by atoms with Crippen molar-refractivity contribution in [2.24, 2.45) is 11.8 Å². The van der Waals surface area contributed by atoms with Gasteiger partial charge < -0.3 is 19.3 Å². The Kier molecular flexibility index (Phi) is 14.0. The number of piperidine rings is 2. The van der Waals surface area contributed by atoms with Crippen LogP contribution in [0.1, 0.15) is 92.2 Å². The molecular formula is C50H50F6N4O6. The monoisotopic (exact) mass is 916 g/mol. The van der Waals surface area contributed by atoms with Gasteiger partial charge >= 0.3 is 24.3 Å². The molecule has 8 rings (SSSR count). The molecule has 2 fully saturated rings. The second-order valence-electron chi connectivity index (χ2n) is 17.4. The predicted octanol–water partition coefficient (Wildman–Crippen LogP) is 8.89. The van der Waals surface area contributed by atoms with Crippen LogP contribution in [0.2, 0.25) is 0 Å². The first-order valence-corrected chi connectivity index (χ1v) is 22.3. The highest BCUT2D eigenvalue weighted by Crippen LogP contribution is 2.36. The molecule has 2 saturated heterocycles. The summed E-state index contributed by atoms with van der Waals surface area (Å²) < 4.78 is 92.0. The van der Waals surface area contributed by atoms with Crippen molar-refractivity contribution in [2.45, 2.75) is 63.3 Å². The van der Waals surface area contributed by atoms with Gasteiger partial charge in [0.05, 0.1) is 11.1 Å². The standard InChI is InChI=1S/C50H50F6N4O6/c51-49(52,53)39-11-5-9-37(29-39)45(63)57-23-17-33(18-24-57)31-59-27-21-35-7-1-3-13-41(35)47(59)65-43(61)15-16-44(62)66-48-42-14-4-2-8-36(42)22-28-60(48)32-34-19-25-58(26-20-34)46(64)38-10-6-12-40(30-38)50(54,55)56/h1-16,29-30,33-34,47-48H,17-28,31-32H2/b16-15+. The lowest BCUT2D eigenvalue weighted by Crippen LogP contribution is -2.45.